The van der Waals surface area contributed by atoms with Gasteiger partial charge in [0.2, 0.25) is 0 Å². The van der Waals surface area contributed by atoms with Crippen LogP contribution in [0, 0.1) is 51.8 Å². The smallest absolute Gasteiger partial charge is 0.0648 e. The van der Waals surface area contributed by atoms with Crippen molar-refractivity contribution in [2.24, 2.45) is 51.8 Å². The standard InChI is InChI=1S/C30H52O/c1-6-30(31)19-18-28(4)22(20-30)9-10-23-25-12-11-24(29(25,5)15-13-26(23)28)21(2)8-7-14-27(3)16-17-27/h21-26,31H,6-20H2,1-5H3/t21-,22+,23+,24-,25+,26+,28+,29-,30+/m1/s1. The number of aliphatic hydroxyl groups is 1. The Morgan fingerprint density at radius 1 is 0.839 bits per heavy atom. The second kappa shape index (κ2) is 7.74. The van der Waals surface area contributed by atoms with E-state index in [2.05, 4.69) is 34.6 Å². The van der Waals surface area contributed by atoms with Gasteiger partial charge in [0.1, 0.15) is 0 Å². The van der Waals surface area contributed by atoms with Gasteiger partial charge in [0.05, 0.1) is 5.60 Å². The fourth-order valence-corrected chi connectivity index (χ4v) is 10.1. The van der Waals surface area contributed by atoms with Crippen molar-refractivity contribution in [3.05, 3.63) is 0 Å². The van der Waals surface area contributed by atoms with E-state index in [0.29, 0.717) is 10.8 Å². The first-order chi connectivity index (χ1) is 14.6. The van der Waals surface area contributed by atoms with Crippen molar-refractivity contribution < 1.29 is 5.11 Å². The van der Waals surface area contributed by atoms with Crippen LogP contribution < -0.4 is 0 Å². The summed E-state index contributed by atoms with van der Waals surface area (Å²) < 4.78 is 0. The van der Waals surface area contributed by atoms with Crippen LogP contribution in [0.4, 0.5) is 0 Å². The van der Waals surface area contributed by atoms with Crippen molar-refractivity contribution in [3.8, 4) is 0 Å². The maximum Gasteiger partial charge on any atom is 0.0648 e. The van der Waals surface area contributed by atoms with Crippen LogP contribution >= 0.6 is 0 Å². The first-order valence-corrected chi connectivity index (χ1v) is 14.3. The molecule has 0 amide bonds. The van der Waals surface area contributed by atoms with Crippen LogP contribution in [0.1, 0.15) is 131 Å². The first kappa shape index (κ1) is 22.7. The van der Waals surface area contributed by atoms with Crippen LogP contribution in [0.2, 0.25) is 0 Å². The molecule has 0 aromatic heterocycles. The molecular formula is C30H52O. The molecule has 5 aliphatic carbocycles. The molecule has 0 spiro atoms. The van der Waals surface area contributed by atoms with E-state index in [1.165, 1.54) is 77.0 Å². The van der Waals surface area contributed by atoms with Gasteiger partial charge >= 0.3 is 0 Å². The summed E-state index contributed by atoms with van der Waals surface area (Å²) in [5, 5.41) is 11.0. The average molecular weight is 429 g/mol. The van der Waals surface area contributed by atoms with Crippen molar-refractivity contribution in [3.63, 3.8) is 0 Å². The highest BCUT2D eigenvalue weighted by Gasteiger charge is 2.61. The monoisotopic (exact) mass is 428 g/mol. The normalized spacial score (nSPS) is 51.5. The quantitative estimate of drug-likeness (QED) is 0.450. The summed E-state index contributed by atoms with van der Waals surface area (Å²) in [6.45, 7) is 12.7. The van der Waals surface area contributed by atoms with Gasteiger partial charge in [0, 0.05) is 0 Å². The van der Waals surface area contributed by atoms with E-state index < -0.39 is 0 Å². The molecule has 0 heterocycles. The minimum Gasteiger partial charge on any atom is -0.390 e. The van der Waals surface area contributed by atoms with Crippen LogP contribution in [0.15, 0.2) is 0 Å². The summed E-state index contributed by atoms with van der Waals surface area (Å²) in [5.74, 6) is 5.59. The lowest BCUT2D eigenvalue weighted by atomic mass is 9.43. The van der Waals surface area contributed by atoms with Crippen molar-refractivity contribution in [2.75, 3.05) is 0 Å². The predicted octanol–water partition coefficient (Wildman–Crippen LogP) is 8.39. The summed E-state index contributed by atoms with van der Waals surface area (Å²) in [5.41, 5.74) is 1.50. The number of hydrogen-bond acceptors (Lipinski definition) is 1. The number of fused-ring (bicyclic) bond motifs is 5. The van der Waals surface area contributed by atoms with Crippen LogP contribution in [-0.4, -0.2) is 10.7 Å². The first-order valence-electron chi connectivity index (χ1n) is 14.3. The SMILES string of the molecule is CC[C@]1(O)CC[C@@]2(C)[C@@H](CC[C@@H]3[C@@H]2CC[C@]2(C)[C@@H]([C@H](C)CCCC4(C)CC4)CC[C@@H]32)C1. The Bertz CT molecular complexity index is 665. The third-order valence-electron chi connectivity index (χ3n) is 12.8. The van der Waals surface area contributed by atoms with Gasteiger partial charge in [-0.05, 0) is 135 Å². The van der Waals surface area contributed by atoms with E-state index in [9.17, 15) is 5.11 Å². The molecule has 0 aromatic carbocycles. The molecule has 0 aromatic rings. The lowest BCUT2D eigenvalue weighted by molar-refractivity contribution is -0.152. The highest BCUT2D eigenvalue weighted by atomic mass is 16.3. The minimum atomic E-state index is -0.356. The minimum absolute atomic E-state index is 0.356. The number of hydrogen-bond donors (Lipinski definition) is 1. The lowest BCUT2D eigenvalue weighted by Gasteiger charge is -2.62. The van der Waals surface area contributed by atoms with E-state index >= 15 is 0 Å². The van der Waals surface area contributed by atoms with E-state index in [0.717, 1.165) is 60.2 Å². The molecule has 5 fully saturated rings. The van der Waals surface area contributed by atoms with Gasteiger partial charge in [-0.15, -0.1) is 0 Å². The molecule has 5 rings (SSSR count). The van der Waals surface area contributed by atoms with E-state index in [4.69, 9.17) is 0 Å². The molecule has 0 unspecified atom stereocenters. The molecule has 1 nitrogen and oxygen atoms in total. The highest BCUT2D eigenvalue weighted by Crippen LogP contribution is 2.69. The number of rotatable bonds is 6. The molecular weight excluding hydrogens is 376 g/mol. The molecule has 0 bridgehead atoms. The Kier molecular flexibility index (Phi) is 5.68. The Morgan fingerprint density at radius 2 is 1.58 bits per heavy atom. The van der Waals surface area contributed by atoms with Gasteiger partial charge in [0.25, 0.3) is 0 Å². The van der Waals surface area contributed by atoms with Gasteiger partial charge in [-0.25, -0.2) is 0 Å². The maximum absolute atomic E-state index is 11.0. The van der Waals surface area contributed by atoms with Crippen LogP contribution in [0.25, 0.3) is 0 Å². The van der Waals surface area contributed by atoms with Crippen molar-refractivity contribution >= 4 is 0 Å². The summed E-state index contributed by atoms with van der Waals surface area (Å²) in [4.78, 5) is 0. The van der Waals surface area contributed by atoms with Crippen molar-refractivity contribution in [1.29, 1.82) is 0 Å². The Labute approximate surface area is 193 Å². The summed E-state index contributed by atoms with van der Waals surface area (Å²) in [6, 6.07) is 0. The summed E-state index contributed by atoms with van der Waals surface area (Å²) >= 11 is 0. The predicted molar refractivity (Wildman–Crippen MR) is 131 cm³/mol. The van der Waals surface area contributed by atoms with Gasteiger partial charge < -0.3 is 5.11 Å². The molecule has 0 radical (unpaired) electrons. The second-order valence-electron chi connectivity index (χ2n) is 14.3. The molecule has 178 valence electrons. The van der Waals surface area contributed by atoms with E-state index in [-0.39, 0.29) is 5.60 Å². The molecule has 0 saturated heterocycles. The molecule has 5 saturated carbocycles. The molecule has 0 aliphatic heterocycles. The van der Waals surface area contributed by atoms with Gasteiger partial charge in [-0.1, -0.05) is 47.5 Å². The largest absolute Gasteiger partial charge is 0.390 e. The maximum atomic E-state index is 11.0. The average Bonchev–Trinajstić information content (AvgIpc) is 3.35. The van der Waals surface area contributed by atoms with Gasteiger partial charge in [0.15, 0.2) is 0 Å². The zero-order chi connectivity index (χ0) is 22.1. The molecule has 1 N–H and O–H groups in total. The Balaban J connectivity index is 1.26. The summed E-state index contributed by atoms with van der Waals surface area (Å²) in [7, 11) is 0. The molecule has 5 aliphatic rings. The highest BCUT2D eigenvalue weighted by molar-refractivity contribution is 5.10. The fourth-order valence-electron chi connectivity index (χ4n) is 10.1. The van der Waals surface area contributed by atoms with Gasteiger partial charge in [-0.2, -0.15) is 0 Å². The van der Waals surface area contributed by atoms with Crippen LogP contribution in [0.5, 0.6) is 0 Å². The van der Waals surface area contributed by atoms with E-state index in [1.54, 1.807) is 0 Å². The fraction of sp³-hybridized carbons (Fsp3) is 1.00. The van der Waals surface area contributed by atoms with E-state index in [1.807, 2.05) is 0 Å². The third-order valence-corrected chi connectivity index (χ3v) is 12.8. The zero-order valence-electron chi connectivity index (χ0n) is 21.5. The van der Waals surface area contributed by atoms with Gasteiger partial charge in [-0.3, -0.25) is 0 Å². The Morgan fingerprint density at radius 3 is 2.29 bits per heavy atom. The second-order valence-corrected chi connectivity index (χ2v) is 14.3. The molecule has 31 heavy (non-hydrogen) atoms. The molecule has 9 atom stereocenters. The van der Waals surface area contributed by atoms with Crippen molar-refractivity contribution in [2.45, 2.75) is 137 Å². The lowest BCUT2D eigenvalue weighted by Crippen LogP contribution is -2.56. The zero-order valence-corrected chi connectivity index (χ0v) is 21.5. The summed E-state index contributed by atoms with van der Waals surface area (Å²) in [6.07, 6.45) is 20.7. The van der Waals surface area contributed by atoms with Crippen LogP contribution in [0.3, 0.4) is 0 Å². The Hall–Kier alpha value is -0.0400. The topological polar surface area (TPSA) is 20.2 Å². The van der Waals surface area contributed by atoms with Crippen LogP contribution in [-0.2, 0) is 0 Å². The third kappa shape index (κ3) is 3.76. The van der Waals surface area contributed by atoms with Crippen molar-refractivity contribution in [1.82, 2.24) is 0 Å². The molecule has 1 heteroatoms.